The number of carbonyl (C=O) groups is 2. The maximum atomic E-state index is 12.8. The molecule has 1 atom stereocenters. The molecule has 0 bridgehead atoms. The number of nitrogens with zero attached hydrogens (tertiary/aromatic N) is 4. The van der Waals surface area contributed by atoms with Crippen molar-refractivity contribution in [1.82, 2.24) is 15.1 Å². The zero-order valence-corrected chi connectivity index (χ0v) is 20.9. The molecule has 3 N–H and O–H groups in total. The average molecular weight is 499 g/mol. The summed E-state index contributed by atoms with van der Waals surface area (Å²) in [6.07, 6.45) is 3.85. The molecule has 2 amide bonds. The summed E-state index contributed by atoms with van der Waals surface area (Å²) in [6.45, 7) is 6.84. The Morgan fingerprint density at radius 1 is 1.20 bits per heavy atom. The van der Waals surface area contributed by atoms with Gasteiger partial charge >= 0.3 is 6.03 Å². The van der Waals surface area contributed by atoms with E-state index >= 15 is 0 Å². The largest absolute Gasteiger partial charge is 0.481 e. The van der Waals surface area contributed by atoms with E-state index in [1.165, 1.54) is 0 Å². The Kier molecular flexibility index (Phi) is 10.8. The number of para-hydroxylation sites is 1. The highest BCUT2D eigenvalue weighted by Crippen LogP contribution is 2.21. The van der Waals surface area contributed by atoms with Crippen molar-refractivity contribution in [3.05, 3.63) is 59.1 Å². The van der Waals surface area contributed by atoms with Gasteiger partial charge in [-0.2, -0.15) is 5.26 Å². The number of aliphatic imine (C=N–C) groups is 1. The summed E-state index contributed by atoms with van der Waals surface area (Å²) in [5, 5.41) is 23.0. The zero-order chi connectivity index (χ0) is 25.8. The number of rotatable bonds is 4. The molecular weight excluding hydrogens is 468 g/mol. The fourth-order valence-corrected chi connectivity index (χ4v) is 3.78. The Bertz CT molecular complexity index is 1060. The molecule has 10 heteroatoms. The van der Waals surface area contributed by atoms with Crippen LogP contribution in [0.15, 0.2) is 53.5 Å². The number of carboxylic acids is 1. The average Bonchev–Trinajstić information content (AvgIpc) is 2.81. The van der Waals surface area contributed by atoms with Gasteiger partial charge in [0.2, 0.25) is 5.96 Å². The molecule has 0 saturated carbocycles. The Morgan fingerprint density at radius 3 is 2.46 bits per heavy atom. The predicted molar refractivity (Wildman–Crippen MR) is 138 cm³/mol. The Labute approximate surface area is 211 Å². The van der Waals surface area contributed by atoms with E-state index in [4.69, 9.17) is 26.5 Å². The van der Waals surface area contributed by atoms with Gasteiger partial charge in [-0.3, -0.25) is 10.1 Å². The molecule has 186 valence electrons. The van der Waals surface area contributed by atoms with Crippen LogP contribution in [0.3, 0.4) is 0 Å². The number of anilines is 1. The van der Waals surface area contributed by atoms with Crippen LogP contribution in [0.4, 0.5) is 16.2 Å². The summed E-state index contributed by atoms with van der Waals surface area (Å²) in [6, 6.07) is 14.8. The molecule has 0 radical (unpaired) electrons. The lowest BCUT2D eigenvalue weighted by molar-refractivity contribution is -0.134. The van der Waals surface area contributed by atoms with Gasteiger partial charge in [-0.15, -0.1) is 0 Å². The van der Waals surface area contributed by atoms with Gasteiger partial charge in [-0.1, -0.05) is 43.1 Å². The van der Waals surface area contributed by atoms with Gasteiger partial charge in [0.1, 0.15) is 0 Å². The van der Waals surface area contributed by atoms with Gasteiger partial charge in [0, 0.05) is 43.3 Å². The molecule has 1 aliphatic rings. The van der Waals surface area contributed by atoms with Crippen molar-refractivity contribution in [3.63, 3.8) is 0 Å². The standard InChI is InChI=1S/C23H27ClN6O.C2H4O2/c1-3-6-20-15-29(23(31)27-19-11-9-18(24)10-12-19)13-14-30(20)22(26-16-25)28-21-8-5-4-7-17(21)2;1-2(3)4/h4-5,7-12,20H,3,6,13-15H2,1-2H3,(H,26,28)(H,27,31);1H3,(H,3,4). The van der Waals surface area contributed by atoms with E-state index in [9.17, 15) is 10.1 Å². The van der Waals surface area contributed by atoms with E-state index < -0.39 is 5.97 Å². The molecule has 1 saturated heterocycles. The van der Waals surface area contributed by atoms with E-state index in [0.717, 1.165) is 31.0 Å². The first-order valence-corrected chi connectivity index (χ1v) is 11.7. The second-order valence-corrected chi connectivity index (χ2v) is 8.43. The zero-order valence-electron chi connectivity index (χ0n) is 20.2. The van der Waals surface area contributed by atoms with Gasteiger partial charge in [0.25, 0.3) is 5.97 Å². The highest BCUT2D eigenvalue weighted by Gasteiger charge is 2.31. The van der Waals surface area contributed by atoms with Crippen LogP contribution in [0.2, 0.25) is 5.02 Å². The van der Waals surface area contributed by atoms with E-state index in [1.807, 2.05) is 42.3 Å². The molecule has 1 unspecified atom stereocenters. The smallest absolute Gasteiger partial charge is 0.321 e. The number of benzene rings is 2. The molecular formula is C25H31ClN6O3. The minimum Gasteiger partial charge on any atom is -0.481 e. The number of amides is 2. The molecule has 9 nitrogen and oxygen atoms in total. The maximum Gasteiger partial charge on any atom is 0.321 e. The number of hydrogen-bond acceptors (Lipinski definition) is 4. The normalized spacial score (nSPS) is 15.4. The summed E-state index contributed by atoms with van der Waals surface area (Å²) in [5.74, 6) is -0.312. The molecule has 1 fully saturated rings. The fraction of sp³-hybridized carbons (Fsp3) is 0.360. The first kappa shape index (κ1) is 27.5. The van der Waals surface area contributed by atoms with E-state index in [1.54, 1.807) is 24.3 Å². The van der Waals surface area contributed by atoms with Crippen LogP contribution in [0.5, 0.6) is 0 Å². The SMILES string of the molecule is CC(=O)O.CCCC1CN(C(=O)Nc2ccc(Cl)cc2)CCN1C(=Nc1ccccc1C)NC#N. The quantitative estimate of drug-likeness (QED) is 0.240. The number of aryl methyl sites for hydroxylation is 1. The third-order valence-electron chi connectivity index (χ3n) is 5.27. The Hall–Kier alpha value is -3.77. The first-order valence-electron chi connectivity index (χ1n) is 11.3. The molecule has 1 aliphatic heterocycles. The number of nitriles is 1. The van der Waals surface area contributed by atoms with Gasteiger partial charge < -0.3 is 20.2 Å². The van der Waals surface area contributed by atoms with Gasteiger partial charge in [-0.25, -0.2) is 9.79 Å². The highest BCUT2D eigenvalue weighted by molar-refractivity contribution is 6.30. The van der Waals surface area contributed by atoms with Crippen LogP contribution < -0.4 is 10.6 Å². The summed E-state index contributed by atoms with van der Waals surface area (Å²) in [5.41, 5.74) is 2.56. The number of halogens is 1. The molecule has 0 spiro atoms. The van der Waals surface area contributed by atoms with Crippen molar-refractivity contribution in [2.24, 2.45) is 4.99 Å². The van der Waals surface area contributed by atoms with Crippen molar-refractivity contribution >= 4 is 40.9 Å². The molecule has 2 aromatic carbocycles. The number of carboxylic acid groups (broad SMARTS) is 1. The minimum absolute atomic E-state index is 0.0540. The van der Waals surface area contributed by atoms with Crippen LogP contribution in [0.25, 0.3) is 0 Å². The van der Waals surface area contributed by atoms with Gasteiger partial charge in [0.05, 0.1) is 5.69 Å². The highest BCUT2D eigenvalue weighted by atomic mass is 35.5. The van der Waals surface area contributed by atoms with E-state index in [-0.39, 0.29) is 12.1 Å². The van der Waals surface area contributed by atoms with E-state index in [0.29, 0.717) is 36.3 Å². The van der Waals surface area contributed by atoms with Crippen molar-refractivity contribution in [2.75, 3.05) is 25.0 Å². The summed E-state index contributed by atoms with van der Waals surface area (Å²) >= 11 is 5.92. The van der Waals surface area contributed by atoms with E-state index in [2.05, 4.69) is 22.5 Å². The Morgan fingerprint density at radius 2 is 1.86 bits per heavy atom. The molecule has 0 aliphatic carbocycles. The molecule has 2 aromatic rings. The van der Waals surface area contributed by atoms with Crippen LogP contribution in [-0.4, -0.2) is 58.5 Å². The molecule has 0 aromatic heterocycles. The molecule has 3 rings (SSSR count). The number of carbonyl (C=O) groups excluding carboxylic acids is 1. The number of guanidine groups is 1. The lowest BCUT2D eigenvalue weighted by Crippen LogP contribution is -2.59. The van der Waals surface area contributed by atoms with Gasteiger partial charge in [-0.05, 0) is 49.2 Å². The number of aliphatic carboxylic acids is 1. The van der Waals surface area contributed by atoms with Crippen LogP contribution in [0, 0.1) is 18.4 Å². The van der Waals surface area contributed by atoms with Crippen molar-refractivity contribution in [2.45, 2.75) is 39.7 Å². The van der Waals surface area contributed by atoms with Crippen LogP contribution in [-0.2, 0) is 4.79 Å². The second kappa shape index (κ2) is 13.8. The minimum atomic E-state index is -0.833. The van der Waals surface area contributed by atoms with Crippen molar-refractivity contribution < 1.29 is 14.7 Å². The topological polar surface area (TPSA) is 121 Å². The monoisotopic (exact) mass is 498 g/mol. The summed E-state index contributed by atoms with van der Waals surface area (Å²) in [7, 11) is 0. The maximum absolute atomic E-state index is 12.8. The number of hydrogen-bond donors (Lipinski definition) is 3. The second-order valence-electron chi connectivity index (χ2n) is 8.00. The summed E-state index contributed by atoms with van der Waals surface area (Å²) in [4.78, 5) is 30.4. The lowest BCUT2D eigenvalue weighted by atomic mass is 10.1. The summed E-state index contributed by atoms with van der Waals surface area (Å²) < 4.78 is 0. The molecule has 1 heterocycles. The first-order chi connectivity index (χ1) is 16.7. The molecule has 35 heavy (non-hydrogen) atoms. The number of piperazine rings is 1. The number of nitrogens with one attached hydrogen (secondary N) is 2. The van der Waals surface area contributed by atoms with Crippen molar-refractivity contribution in [3.8, 4) is 6.19 Å². The lowest BCUT2D eigenvalue weighted by Gasteiger charge is -2.42. The van der Waals surface area contributed by atoms with Crippen molar-refractivity contribution in [1.29, 1.82) is 5.26 Å². The predicted octanol–water partition coefficient (Wildman–Crippen LogP) is 4.82. The van der Waals surface area contributed by atoms with Gasteiger partial charge in [0.15, 0.2) is 6.19 Å². The van der Waals surface area contributed by atoms with Crippen LogP contribution in [0.1, 0.15) is 32.3 Å². The fourth-order valence-electron chi connectivity index (χ4n) is 3.65. The van der Waals surface area contributed by atoms with Crippen LogP contribution >= 0.6 is 11.6 Å². The third kappa shape index (κ3) is 8.83. The number of urea groups is 1. The Balaban J connectivity index is 0.00000100. The third-order valence-corrected chi connectivity index (χ3v) is 5.52.